The van der Waals surface area contributed by atoms with Gasteiger partial charge in [0.25, 0.3) is 11.5 Å². The Morgan fingerprint density at radius 3 is 2.28 bits per heavy atom. The number of thiazole rings is 1. The zero-order valence-corrected chi connectivity index (χ0v) is 34.4. The van der Waals surface area contributed by atoms with Gasteiger partial charge in [-0.25, -0.2) is 0 Å². The number of aliphatic carboxylic acids is 1. The molecule has 1 amide bonds. The molecule has 9 rings (SSSR count). The fourth-order valence-electron chi connectivity index (χ4n) is 8.65. The van der Waals surface area contributed by atoms with Gasteiger partial charge in [0.15, 0.2) is 0 Å². The van der Waals surface area contributed by atoms with E-state index in [2.05, 4.69) is 114 Å². The van der Waals surface area contributed by atoms with Gasteiger partial charge in [-0.3, -0.25) is 23.9 Å². The number of thiocarbonyl (C=S) groups is 1. The van der Waals surface area contributed by atoms with Crippen molar-refractivity contribution < 1.29 is 14.7 Å². The Bertz CT molecular complexity index is 2660. The molecule has 0 spiro atoms. The average molecular weight is 826 g/mol. The number of fused-ring (bicyclic) bond motifs is 3. The number of carbonyl (C=O) groups is 2. The van der Waals surface area contributed by atoms with E-state index in [0.717, 1.165) is 51.3 Å². The molecule has 2 unspecified atom stereocenters. The fourth-order valence-corrected chi connectivity index (χ4v) is 12.3. The minimum Gasteiger partial charge on any atom is -0.480 e. The van der Waals surface area contributed by atoms with Crippen LogP contribution in [0, 0.1) is 0 Å². The molecule has 1 aliphatic carbocycles. The van der Waals surface area contributed by atoms with Gasteiger partial charge in [0.05, 0.1) is 4.53 Å². The van der Waals surface area contributed by atoms with Crippen LogP contribution < -0.4 is 19.7 Å². The molecule has 2 aromatic heterocycles. The Balaban J connectivity index is 0.999. The zero-order valence-electron chi connectivity index (χ0n) is 31.2. The number of carbonyl (C=O) groups excluding carboxylic acids is 1. The molecule has 57 heavy (non-hydrogen) atoms. The predicted molar refractivity (Wildman–Crippen MR) is 237 cm³/mol. The van der Waals surface area contributed by atoms with Crippen LogP contribution in [0.4, 0.5) is 11.4 Å². The van der Waals surface area contributed by atoms with Gasteiger partial charge >= 0.3 is 5.97 Å². The molecule has 2 fully saturated rings. The first kappa shape index (κ1) is 37.5. The van der Waals surface area contributed by atoms with Crippen LogP contribution in [0.5, 0.6) is 0 Å². The molecule has 6 aromatic rings. The number of thiophene rings is 1. The van der Waals surface area contributed by atoms with E-state index in [4.69, 9.17) is 12.2 Å². The number of thioether (sulfide) groups is 1. The molecule has 7 nitrogen and oxygen atoms in total. The van der Waals surface area contributed by atoms with Gasteiger partial charge in [0.2, 0.25) is 0 Å². The summed E-state index contributed by atoms with van der Waals surface area (Å²) < 4.78 is 2.28. The molecule has 1 saturated heterocycles. The van der Waals surface area contributed by atoms with Crippen LogP contribution in [-0.4, -0.2) is 43.4 Å². The number of anilines is 2. The van der Waals surface area contributed by atoms with Crippen LogP contribution >= 0.6 is 46.7 Å². The maximum Gasteiger partial charge on any atom is 0.323 e. The number of amides is 1. The summed E-state index contributed by atoms with van der Waals surface area (Å²) in [5.41, 5.74) is 8.57. The first-order chi connectivity index (χ1) is 27.8. The molecule has 11 heteroatoms. The summed E-state index contributed by atoms with van der Waals surface area (Å²) in [6, 6.07) is 42.1. The maximum absolute atomic E-state index is 13.6. The monoisotopic (exact) mass is 825 g/mol. The third-order valence-electron chi connectivity index (χ3n) is 11.3. The van der Waals surface area contributed by atoms with Crippen molar-refractivity contribution in [1.82, 2.24) is 9.47 Å². The Labute approximate surface area is 348 Å². The first-order valence-electron chi connectivity index (χ1n) is 19.2. The smallest absolute Gasteiger partial charge is 0.323 e. The van der Waals surface area contributed by atoms with Crippen molar-refractivity contribution in [2.75, 3.05) is 11.4 Å². The van der Waals surface area contributed by atoms with E-state index in [1.54, 1.807) is 17.4 Å². The van der Waals surface area contributed by atoms with Crippen molar-refractivity contribution in [2.45, 2.75) is 57.0 Å². The molecule has 286 valence electrons. The highest BCUT2D eigenvalue weighted by Crippen LogP contribution is 2.53. The molecule has 4 aromatic carbocycles. The van der Waals surface area contributed by atoms with E-state index in [1.165, 1.54) is 55.9 Å². The molecule has 4 heterocycles. The van der Waals surface area contributed by atoms with Gasteiger partial charge in [0, 0.05) is 45.6 Å². The Kier molecular flexibility index (Phi) is 10.3. The number of nitrogens with zero attached hydrogens (tertiary/aromatic N) is 3. The highest BCUT2D eigenvalue weighted by molar-refractivity contribution is 8.30. The van der Waals surface area contributed by atoms with Crippen LogP contribution in [0.25, 0.3) is 21.4 Å². The summed E-state index contributed by atoms with van der Waals surface area (Å²) in [6.07, 6.45) is 6.26. The third kappa shape index (κ3) is 7.11. The van der Waals surface area contributed by atoms with E-state index in [-0.39, 0.29) is 11.8 Å². The van der Waals surface area contributed by atoms with Gasteiger partial charge in [-0.1, -0.05) is 109 Å². The van der Waals surface area contributed by atoms with Crippen LogP contribution in [-0.2, 0) is 22.6 Å². The molecular formula is C46H39N3O4S4. The summed E-state index contributed by atoms with van der Waals surface area (Å²) in [6.45, 7) is 1.70. The number of rotatable bonds is 10. The van der Waals surface area contributed by atoms with Crippen molar-refractivity contribution in [3.63, 3.8) is 0 Å². The number of aromatic nitrogens is 1. The molecule has 2 aliphatic heterocycles. The quantitative estimate of drug-likeness (QED) is 0.139. The SMILES string of the molecule is CCN1C(=O)/C(=c2\s/c(=C\c3ccc(-c4ccc5c(c4)C4CCCC4N5c4ccc(CC(c5ccccc5)c5ccccc5)cc4)s3)c(=O)n2CC(=O)O)SC1=S. The molecule has 1 N–H and O–H groups in total. The van der Waals surface area contributed by atoms with Crippen LogP contribution in [0.3, 0.4) is 0 Å². The standard InChI is InChI=1S/C46H39N3O4S4/c1-2-47-44(53)42(57-46(47)54)45-48(27-41(50)51)43(52)40(56-45)26-33-21-23-39(55-33)31-18-22-38-36(25-31)34-14-9-15-37(34)49(38)32-19-16-28(17-20-32)24-35(29-10-5-3-6-11-29)30-12-7-4-8-13-30/h3-8,10-13,16-23,25-26,34-35,37H,2,9,14-15,24,27H2,1H3,(H,50,51)/b40-26-,45-42+. The summed E-state index contributed by atoms with van der Waals surface area (Å²) in [7, 11) is 0. The number of hydrogen-bond acceptors (Lipinski definition) is 8. The van der Waals surface area contributed by atoms with Crippen LogP contribution in [0.15, 0.2) is 120 Å². The second kappa shape index (κ2) is 15.7. The van der Waals surface area contributed by atoms with E-state index in [1.807, 2.05) is 13.0 Å². The van der Waals surface area contributed by atoms with Crippen molar-refractivity contribution in [2.24, 2.45) is 0 Å². The first-order valence-corrected chi connectivity index (χ1v) is 22.1. The summed E-state index contributed by atoms with van der Waals surface area (Å²) in [5, 5.41) is 9.62. The minimum absolute atomic E-state index is 0.282. The number of carboxylic acid groups (broad SMARTS) is 1. The van der Waals surface area contributed by atoms with Crippen molar-refractivity contribution in [1.29, 1.82) is 0 Å². The highest BCUT2D eigenvalue weighted by Gasteiger charge is 2.42. The van der Waals surface area contributed by atoms with Crippen LogP contribution in [0.2, 0.25) is 0 Å². The van der Waals surface area contributed by atoms with Gasteiger partial charge in [-0.05, 0) is 96.5 Å². The van der Waals surface area contributed by atoms with E-state index in [9.17, 15) is 19.5 Å². The lowest BCUT2D eigenvalue weighted by molar-refractivity contribution is -0.137. The fraction of sp³-hybridized carbons (Fsp3) is 0.217. The Hall–Kier alpha value is -5.07. The number of carboxylic acids is 1. The highest BCUT2D eigenvalue weighted by atomic mass is 32.2. The molecule has 0 radical (unpaired) electrons. The second-order valence-corrected chi connectivity index (χ2v) is 18.4. The van der Waals surface area contributed by atoms with Crippen molar-refractivity contribution in [3.8, 4) is 10.4 Å². The number of benzene rings is 4. The summed E-state index contributed by atoms with van der Waals surface area (Å²) >= 11 is 9.23. The maximum atomic E-state index is 13.6. The largest absolute Gasteiger partial charge is 0.480 e. The summed E-state index contributed by atoms with van der Waals surface area (Å²) in [5.74, 6) is -0.706. The Morgan fingerprint density at radius 1 is 0.895 bits per heavy atom. The van der Waals surface area contributed by atoms with E-state index < -0.39 is 18.1 Å². The third-order valence-corrected chi connectivity index (χ3v) is 15.1. The molecule has 1 saturated carbocycles. The second-order valence-electron chi connectivity index (χ2n) is 14.6. The Morgan fingerprint density at radius 2 is 1.61 bits per heavy atom. The van der Waals surface area contributed by atoms with Gasteiger partial charge in [-0.2, -0.15) is 0 Å². The normalized spacial score (nSPS) is 18.9. The number of hydrogen-bond donors (Lipinski definition) is 1. The lowest BCUT2D eigenvalue weighted by atomic mass is 9.86. The zero-order chi connectivity index (χ0) is 39.2. The van der Waals surface area contributed by atoms with E-state index >= 15 is 0 Å². The topological polar surface area (TPSA) is 82.9 Å². The van der Waals surface area contributed by atoms with Gasteiger partial charge in [-0.15, -0.1) is 22.7 Å². The lowest BCUT2D eigenvalue weighted by Crippen LogP contribution is -2.35. The van der Waals surface area contributed by atoms with Crippen molar-refractivity contribution >= 4 is 85.2 Å². The van der Waals surface area contributed by atoms with Gasteiger partial charge in [0.1, 0.15) is 20.4 Å². The lowest BCUT2D eigenvalue weighted by Gasteiger charge is -2.27. The van der Waals surface area contributed by atoms with Crippen molar-refractivity contribution in [3.05, 3.63) is 162 Å². The molecule has 3 aliphatic rings. The summed E-state index contributed by atoms with van der Waals surface area (Å²) in [4.78, 5) is 44.8. The molecule has 0 bridgehead atoms. The van der Waals surface area contributed by atoms with Crippen LogP contribution in [0.1, 0.15) is 65.2 Å². The predicted octanol–water partition coefficient (Wildman–Crippen LogP) is 8.70. The minimum atomic E-state index is -1.15. The molecule has 2 atom stereocenters. The average Bonchev–Trinajstić information content (AvgIpc) is 4.06. The van der Waals surface area contributed by atoms with Gasteiger partial charge < -0.3 is 10.0 Å². The van der Waals surface area contributed by atoms with E-state index in [0.29, 0.717) is 36.9 Å². The molecular weight excluding hydrogens is 787 g/mol.